The molecular weight excluding hydrogens is 543 g/mol. The number of nitrogens with one attached hydrogen (secondary N) is 4. The first-order chi connectivity index (χ1) is 20.0. The maximum absolute atomic E-state index is 13.9. The minimum atomic E-state index is -4.52. The van der Waals surface area contributed by atoms with Crippen molar-refractivity contribution >= 4 is 28.9 Å². The van der Waals surface area contributed by atoms with Gasteiger partial charge >= 0.3 is 6.18 Å². The lowest BCUT2D eigenvalue weighted by Gasteiger charge is -2.28. The van der Waals surface area contributed by atoms with Gasteiger partial charge in [0.2, 0.25) is 11.8 Å². The summed E-state index contributed by atoms with van der Waals surface area (Å²) in [4.78, 5) is 26.6. The van der Waals surface area contributed by atoms with E-state index in [0.717, 1.165) is 48.7 Å². The predicted molar refractivity (Wildman–Crippen MR) is 159 cm³/mol. The Morgan fingerprint density at radius 1 is 1.10 bits per heavy atom. The van der Waals surface area contributed by atoms with Crippen LogP contribution in [-0.2, 0) is 22.3 Å². The van der Waals surface area contributed by atoms with Crippen LogP contribution < -0.4 is 16.0 Å². The number of nitrogens with zero attached hydrogens (tertiary/aromatic N) is 1. The first kappa shape index (κ1) is 31.2. The number of amides is 2. The molecule has 1 saturated heterocycles. The third-order valence-corrected chi connectivity index (χ3v) is 7.55. The number of halogens is 3. The molecule has 42 heavy (non-hydrogen) atoms. The minimum absolute atomic E-state index is 0.0295. The zero-order valence-electron chi connectivity index (χ0n) is 24.0. The van der Waals surface area contributed by atoms with Crippen molar-refractivity contribution in [1.29, 1.82) is 5.41 Å². The maximum atomic E-state index is 13.9. The van der Waals surface area contributed by atoms with Gasteiger partial charge in [-0.2, -0.15) is 13.2 Å². The molecule has 0 aromatic heterocycles. The number of amidine groups is 1. The van der Waals surface area contributed by atoms with E-state index in [1.54, 1.807) is 12.2 Å². The summed E-state index contributed by atoms with van der Waals surface area (Å²) >= 11 is 0. The Balaban J connectivity index is 1.34. The molecule has 1 saturated carbocycles. The molecule has 7 nitrogen and oxygen atoms in total. The average Bonchev–Trinajstić information content (AvgIpc) is 3.80. The second kappa shape index (κ2) is 13.9. The van der Waals surface area contributed by atoms with E-state index in [4.69, 9.17) is 5.41 Å². The lowest BCUT2D eigenvalue weighted by atomic mass is 9.94. The van der Waals surface area contributed by atoms with Crippen LogP contribution in [0.2, 0.25) is 0 Å². The molecule has 2 aromatic carbocycles. The van der Waals surface area contributed by atoms with Crippen LogP contribution in [0.4, 0.5) is 18.9 Å². The number of hydrogen-bond donors (Lipinski definition) is 4. The van der Waals surface area contributed by atoms with Crippen molar-refractivity contribution in [3.63, 3.8) is 0 Å². The first-order valence-electron chi connectivity index (χ1n) is 14.3. The Kier molecular flexibility index (Phi) is 10.3. The molecule has 0 spiro atoms. The van der Waals surface area contributed by atoms with Gasteiger partial charge in [0.15, 0.2) is 0 Å². The van der Waals surface area contributed by atoms with Crippen LogP contribution in [0, 0.1) is 11.3 Å². The van der Waals surface area contributed by atoms with Gasteiger partial charge in [0.1, 0.15) is 5.84 Å². The summed E-state index contributed by atoms with van der Waals surface area (Å²) in [5, 5.41) is 16.4. The Bertz CT molecular complexity index is 1340. The number of benzene rings is 2. The first-order valence-corrected chi connectivity index (χ1v) is 14.3. The van der Waals surface area contributed by atoms with Gasteiger partial charge < -0.3 is 16.0 Å². The highest BCUT2D eigenvalue weighted by Gasteiger charge is 2.34. The van der Waals surface area contributed by atoms with Crippen LogP contribution >= 0.6 is 0 Å². The smallest absolute Gasteiger partial charge is 0.326 e. The topological polar surface area (TPSA) is 97.3 Å². The molecule has 1 heterocycles. The summed E-state index contributed by atoms with van der Waals surface area (Å²) in [5.41, 5.74) is 2.31. The molecule has 4 N–H and O–H groups in total. The van der Waals surface area contributed by atoms with E-state index in [1.165, 1.54) is 12.1 Å². The van der Waals surface area contributed by atoms with Crippen molar-refractivity contribution in [1.82, 2.24) is 15.5 Å². The maximum Gasteiger partial charge on any atom is 0.416 e. The molecule has 1 aliphatic heterocycles. The number of piperazine rings is 1. The fraction of sp³-hybridized carbons (Fsp3) is 0.406. The molecule has 224 valence electrons. The zero-order chi connectivity index (χ0) is 30.3. The van der Waals surface area contributed by atoms with Gasteiger partial charge in [-0.15, -0.1) is 0 Å². The lowest BCUT2D eigenvalue weighted by molar-refractivity contribution is -0.138. The van der Waals surface area contributed by atoms with Gasteiger partial charge in [-0.1, -0.05) is 49.4 Å². The van der Waals surface area contributed by atoms with Crippen LogP contribution in [0.15, 0.2) is 60.7 Å². The molecule has 10 heteroatoms. The molecule has 4 rings (SSSR count). The number of anilines is 1. The Morgan fingerprint density at radius 3 is 2.40 bits per heavy atom. The van der Waals surface area contributed by atoms with Gasteiger partial charge in [-0.25, -0.2) is 0 Å². The highest BCUT2D eigenvalue weighted by atomic mass is 19.4. The van der Waals surface area contributed by atoms with Crippen molar-refractivity contribution in [2.75, 3.05) is 31.5 Å². The molecule has 0 radical (unpaired) electrons. The van der Waals surface area contributed by atoms with E-state index in [2.05, 4.69) is 16.0 Å². The van der Waals surface area contributed by atoms with Crippen LogP contribution in [0.3, 0.4) is 0 Å². The number of alkyl halides is 3. The number of rotatable bonds is 10. The molecule has 0 bridgehead atoms. The lowest BCUT2D eigenvalue weighted by Crippen LogP contribution is -2.43. The van der Waals surface area contributed by atoms with Gasteiger partial charge in [-0.3, -0.25) is 19.9 Å². The third-order valence-electron chi connectivity index (χ3n) is 7.55. The van der Waals surface area contributed by atoms with Gasteiger partial charge in [-0.05, 0) is 66.2 Å². The van der Waals surface area contributed by atoms with Gasteiger partial charge in [0.25, 0.3) is 0 Å². The van der Waals surface area contributed by atoms with Crippen LogP contribution in [0.1, 0.15) is 61.3 Å². The Hall–Kier alpha value is -3.76. The minimum Gasteiger partial charge on any atom is -0.326 e. The predicted octanol–water partition coefficient (Wildman–Crippen LogP) is 5.71. The number of allylic oxidation sites excluding steroid dienone is 3. The van der Waals surface area contributed by atoms with Crippen molar-refractivity contribution < 1.29 is 22.8 Å². The van der Waals surface area contributed by atoms with Crippen molar-refractivity contribution in [3.8, 4) is 0 Å². The quantitative estimate of drug-likeness (QED) is 0.164. The fourth-order valence-electron chi connectivity index (χ4n) is 4.93. The van der Waals surface area contributed by atoms with E-state index in [9.17, 15) is 22.8 Å². The van der Waals surface area contributed by atoms with E-state index in [1.807, 2.05) is 49.1 Å². The largest absolute Gasteiger partial charge is 0.416 e. The van der Waals surface area contributed by atoms with Crippen molar-refractivity contribution in [3.05, 3.63) is 82.9 Å². The SMILES string of the molecule is C/C=C(\C=C/C(=N)NC(=O)C1CC1)c1ccc([C@@H](C)CC(=O)Nc2ccc(CN3CCNCC3)c(C(F)(F)F)c2)cc1. The van der Waals surface area contributed by atoms with Crippen LogP contribution in [0.25, 0.3) is 5.57 Å². The zero-order valence-corrected chi connectivity index (χ0v) is 24.0. The number of carbonyl (C=O) groups is 2. The number of hydrogen-bond acceptors (Lipinski definition) is 5. The van der Waals surface area contributed by atoms with Crippen LogP contribution in [-0.4, -0.2) is 48.7 Å². The summed E-state index contributed by atoms with van der Waals surface area (Å²) < 4.78 is 41.6. The van der Waals surface area contributed by atoms with Crippen molar-refractivity contribution in [2.24, 2.45) is 5.92 Å². The molecule has 1 aliphatic carbocycles. The Morgan fingerprint density at radius 2 is 1.79 bits per heavy atom. The molecule has 1 atom stereocenters. The molecule has 0 unspecified atom stereocenters. The molecule has 2 aromatic rings. The van der Waals surface area contributed by atoms with Gasteiger partial charge in [0, 0.05) is 50.7 Å². The van der Waals surface area contributed by atoms with E-state index >= 15 is 0 Å². The third kappa shape index (κ3) is 8.87. The molecule has 2 fully saturated rings. The van der Waals surface area contributed by atoms with Crippen LogP contribution in [0.5, 0.6) is 0 Å². The monoisotopic (exact) mass is 581 g/mol. The van der Waals surface area contributed by atoms with E-state index in [0.29, 0.717) is 13.1 Å². The standard InChI is InChI=1S/C32H38F3N5O2/c1-3-22(11-13-29(36)39-31(42)25-8-9-25)24-6-4-23(5-7-24)21(2)18-30(41)38-27-12-10-26(28(19-27)32(33,34)35)20-40-16-14-37-15-17-40/h3-7,10-13,19,21,25,37H,8-9,14-18,20H2,1-2H3,(H,38,41)(H2,36,39,42)/b13-11-,22-3+/t21-/m0/s1. The van der Waals surface area contributed by atoms with E-state index < -0.39 is 11.7 Å². The fourth-order valence-corrected chi connectivity index (χ4v) is 4.93. The van der Waals surface area contributed by atoms with Gasteiger partial charge in [0.05, 0.1) is 5.56 Å². The second-order valence-electron chi connectivity index (χ2n) is 10.9. The summed E-state index contributed by atoms with van der Waals surface area (Å²) in [6.07, 6.45) is 2.56. The number of carbonyl (C=O) groups excluding carboxylic acids is 2. The highest BCUT2D eigenvalue weighted by molar-refractivity contribution is 6.04. The summed E-state index contributed by atoms with van der Waals surface area (Å²) in [7, 11) is 0. The molecular formula is C32H38F3N5O2. The summed E-state index contributed by atoms with van der Waals surface area (Å²) in [5.74, 6) is -0.569. The highest BCUT2D eigenvalue weighted by Crippen LogP contribution is 2.35. The Labute approximate surface area is 244 Å². The van der Waals surface area contributed by atoms with Crippen molar-refractivity contribution in [2.45, 2.75) is 51.7 Å². The molecule has 2 amide bonds. The van der Waals surface area contributed by atoms with E-state index in [-0.39, 0.29) is 53.7 Å². The average molecular weight is 582 g/mol. The second-order valence-corrected chi connectivity index (χ2v) is 10.9. The summed E-state index contributed by atoms with van der Waals surface area (Å²) in [6.45, 7) is 6.86. The summed E-state index contributed by atoms with van der Waals surface area (Å²) in [6, 6.07) is 11.7. The molecule has 2 aliphatic rings. The normalized spacial score (nSPS) is 17.2.